The van der Waals surface area contributed by atoms with Crippen molar-refractivity contribution < 1.29 is 4.79 Å². The van der Waals surface area contributed by atoms with Crippen LogP contribution in [-0.4, -0.2) is 76.5 Å². The Bertz CT molecular complexity index is 1330. The molecule has 0 unspecified atom stereocenters. The largest absolute Gasteiger partial charge is 0.336 e. The predicted molar refractivity (Wildman–Crippen MR) is 133 cm³/mol. The topological polar surface area (TPSA) is 79.2 Å². The van der Waals surface area contributed by atoms with Gasteiger partial charge in [-0.1, -0.05) is 17.6 Å². The van der Waals surface area contributed by atoms with Crippen molar-refractivity contribution in [3.63, 3.8) is 0 Å². The molecule has 0 bridgehead atoms. The number of aromatic nitrogens is 4. The Morgan fingerprint density at radius 1 is 1.00 bits per heavy atom. The summed E-state index contributed by atoms with van der Waals surface area (Å²) in [4.78, 5) is 26.6. The van der Waals surface area contributed by atoms with E-state index in [0.717, 1.165) is 53.9 Å². The second kappa shape index (κ2) is 8.67. The number of hydrogen-bond donors (Lipinski definition) is 1. The van der Waals surface area contributed by atoms with Gasteiger partial charge in [0.15, 0.2) is 0 Å². The first kappa shape index (κ1) is 21.1. The van der Waals surface area contributed by atoms with E-state index < -0.39 is 0 Å². The molecule has 2 aromatic heterocycles. The number of fused-ring (bicyclic) bond motifs is 1. The van der Waals surface area contributed by atoms with E-state index in [4.69, 9.17) is 0 Å². The van der Waals surface area contributed by atoms with Crippen LogP contribution in [0.25, 0.3) is 22.0 Å². The Morgan fingerprint density at radius 2 is 1.82 bits per heavy atom. The smallest absolute Gasteiger partial charge is 0.254 e. The van der Waals surface area contributed by atoms with Gasteiger partial charge in [-0.3, -0.25) is 9.48 Å². The van der Waals surface area contributed by atoms with Crippen LogP contribution in [-0.2, 0) is 7.05 Å². The van der Waals surface area contributed by atoms with Gasteiger partial charge in [0.25, 0.3) is 5.91 Å². The van der Waals surface area contributed by atoms with E-state index in [-0.39, 0.29) is 5.91 Å². The van der Waals surface area contributed by atoms with Crippen LogP contribution in [0.5, 0.6) is 0 Å². The minimum atomic E-state index is 0.0341. The molecule has 166 valence electrons. The van der Waals surface area contributed by atoms with Crippen molar-refractivity contribution in [1.29, 1.82) is 0 Å². The maximum Gasteiger partial charge on any atom is 0.254 e. The predicted octanol–water partition coefficient (Wildman–Crippen LogP) is 1.42. The van der Waals surface area contributed by atoms with E-state index in [1.54, 1.807) is 10.9 Å². The minimum Gasteiger partial charge on any atom is -0.336 e. The molecule has 1 fully saturated rings. The molecule has 3 heterocycles. The van der Waals surface area contributed by atoms with Gasteiger partial charge in [-0.2, -0.15) is 5.10 Å². The maximum absolute atomic E-state index is 13.3. The molecule has 1 aliphatic heterocycles. The number of rotatable bonds is 4. The minimum absolute atomic E-state index is 0.0341. The van der Waals surface area contributed by atoms with E-state index in [1.165, 1.54) is 5.46 Å². The number of anilines is 2. The van der Waals surface area contributed by atoms with Gasteiger partial charge >= 0.3 is 0 Å². The molecule has 1 N–H and O–H groups in total. The number of carbonyl (C=O) groups is 1. The molecule has 9 heteroatoms. The van der Waals surface area contributed by atoms with Crippen LogP contribution in [0.3, 0.4) is 0 Å². The lowest BCUT2D eigenvalue weighted by atomic mass is 9.95. The average molecular weight is 439 g/mol. The quantitative estimate of drug-likeness (QED) is 0.485. The lowest BCUT2D eigenvalue weighted by Gasteiger charge is -2.32. The van der Waals surface area contributed by atoms with Crippen molar-refractivity contribution in [2.75, 3.05) is 38.5 Å². The first-order chi connectivity index (χ1) is 15.9. The Kier molecular flexibility index (Phi) is 5.56. The second-order valence-electron chi connectivity index (χ2n) is 8.68. The summed E-state index contributed by atoms with van der Waals surface area (Å²) in [6.07, 6.45) is 5.56. The Morgan fingerprint density at radius 3 is 2.58 bits per heavy atom. The van der Waals surface area contributed by atoms with E-state index in [2.05, 4.69) is 46.2 Å². The average Bonchev–Trinajstić information content (AvgIpc) is 3.25. The van der Waals surface area contributed by atoms with Crippen LogP contribution >= 0.6 is 0 Å². The third-order valence-corrected chi connectivity index (χ3v) is 6.00. The monoisotopic (exact) mass is 439 g/mol. The number of nitrogens with zero attached hydrogens (tertiary/aromatic N) is 6. The second-order valence-corrected chi connectivity index (χ2v) is 8.68. The van der Waals surface area contributed by atoms with Gasteiger partial charge in [0.2, 0.25) is 5.95 Å². The number of amides is 1. The molecule has 1 aliphatic rings. The third-order valence-electron chi connectivity index (χ3n) is 6.00. The highest BCUT2D eigenvalue weighted by Gasteiger charge is 2.21. The summed E-state index contributed by atoms with van der Waals surface area (Å²) in [5, 5.41) is 8.59. The Labute approximate surface area is 193 Å². The number of nitrogens with one attached hydrogen (secondary N) is 1. The molecular formula is C24H26BN7O. The molecule has 0 spiro atoms. The first-order valence-electron chi connectivity index (χ1n) is 11.1. The number of piperazine rings is 1. The van der Waals surface area contributed by atoms with Crippen molar-refractivity contribution in [2.24, 2.45) is 7.05 Å². The van der Waals surface area contributed by atoms with Crippen molar-refractivity contribution in [2.45, 2.75) is 0 Å². The number of likely N-dealkylation sites (N-methyl/N-ethyl adjacent to an activating group) is 1. The van der Waals surface area contributed by atoms with Crippen LogP contribution < -0.4 is 10.8 Å². The molecular weight excluding hydrogens is 413 g/mol. The maximum atomic E-state index is 13.3. The molecule has 0 radical (unpaired) electrons. The zero-order valence-electron chi connectivity index (χ0n) is 19.1. The first-order valence-corrected chi connectivity index (χ1v) is 11.1. The fraction of sp³-hybridized carbons (Fsp3) is 0.250. The highest BCUT2D eigenvalue weighted by molar-refractivity contribution is 6.33. The molecule has 1 saturated heterocycles. The van der Waals surface area contributed by atoms with Gasteiger partial charge in [-0.25, -0.2) is 9.97 Å². The Balaban J connectivity index is 1.50. The van der Waals surface area contributed by atoms with Gasteiger partial charge in [-0.15, -0.1) is 0 Å². The van der Waals surface area contributed by atoms with Crippen LogP contribution in [0.4, 0.5) is 11.6 Å². The molecule has 4 aromatic rings. The Hall–Kier alpha value is -3.72. The molecule has 0 aliphatic carbocycles. The highest BCUT2D eigenvalue weighted by atomic mass is 16.2. The number of benzene rings is 2. The number of aryl methyl sites for hydroxylation is 1. The summed E-state index contributed by atoms with van der Waals surface area (Å²) < 4.78 is 1.76. The van der Waals surface area contributed by atoms with Crippen molar-refractivity contribution in [1.82, 2.24) is 29.5 Å². The lowest BCUT2D eigenvalue weighted by molar-refractivity contribution is 0.0664. The fourth-order valence-corrected chi connectivity index (χ4v) is 4.09. The van der Waals surface area contributed by atoms with Gasteiger partial charge in [0.05, 0.1) is 11.7 Å². The molecule has 1 amide bonds. The van der Waals surface area contributed by atoms with E-state index >= 15 is 0 Å². The summed E-state index contributed by atoms with van der Waals surface area (Å²) >= 11 is 0. The summed E-state index contributed by atoms with van der Waals surface area (Å²) in [5.74, 6) is 0.527. The summed E-state index contributed by atoms with van der Waals surface area (Å²) in [6, 6.07) is 11.9. The summed E-state index contributed by atoms with van der Waals surface area (Å²) in [6.45, 7) is 3.21. The van der Waals surface area contributed by atoms with Gasteiger partial charge < -0.3 is 15.1 Å². The van der Waals surface area contributed by atoms with Gasteiger partial charge in [0, 0.05) is 67.8 Å². The molecule has 2 aromatic carbocycles. The van der Waals surface area contributed by atoms with Gasteiger partial charge in [0.1, 0.15) is 7.85 Å². The van der Waals surface area contributed by atoms with E-state index in [9.17, 15) is 4.79 Å². The van der Waals surface area contributed by atoms with Crippen molar-refractivity contribution in [3.05, 3.63) is 60.6 Å². The van der Waals surface area contributed by atoms with Crippen molar-refractivity contribution >= 4 is 41.8 Å². The van der Waals surface area contributed by atoms with Crippen LogP contribution in [0, 0.1) is 0 Å². The SMILES string of the molecule is Bc1ccc2nc(Nc3cc(C(=O)N4CCN(C)CC4)cc(-c4cnn(C)c4)c3)ncc2c1. The number of carbonyl (C=O) groups excluding carboxylic acids is 1. The number of hydrogen-bond acceptors (Lipinski definition) is 6. The fourth-order valence-electron chi connectivity index (χ4n) is 4.09. The molecule has 0 saturated carbocycles. The van der Waals surface area contributed by atoms with Crippen molar-refractivity contribution in [3.8, 4) is 11.1 Å². The molecule has 5 rings (SSSR count). The van der Waals surface area contributed by atoms with Crippen LogP contribution in [0.2, 0.25) is 0 Å². The van der Waals surface area contributed by atoms with Crippen LogP contribution in [0.15, 0.2) is 55.0 Å². The van der Waals surface area contributed by atoms with Gasteiger partial charge in [-0.05, 0) is 36.9 Å². The lowest BCUT2D eigenvalue weighted by Crippen LogP contribution is -2.47. The zero-order valence-corrected chi connectivity index (χ0v) is 19.1. The molecule has 8 nitrogen and oxygen atoms in total. The standard InChI is InChI=1S/C24H26BN7O/c1-30-5-7-32(8-6-30)23(33)17-9-16(19-14-27-31(2)15-19)11-21(12-17)28-24-26-13-18-10-20(25)3-4-22(18)29-24/h3-4,9-15H,5-8,25H2,1-2H3,(H,26,28,29). The third kappa shape index (κ3) is 4.59. The van der Waals surface area contributed by atoms with Crippen LogP contribution in [0.1, 0.15) is 10.4 Å². The molecule has 0 atom stereocenters. The summed E-state index contributed by atoms with van der Waals surface area (Å²) in [5.41, 5.74) is 5.31. The highest BCUT2D eigenvalue weighted by Crippen LogP contribution is 2.27. The summed E-state index contributed by atoms with van der Waals surface area (Å²) in [7, 11) is 6.01. The van der Waals surface area contributed by atoms with E-state index in [0.29, 0.717) is 11.5 Å². The zero-order chi connectivity index (χ0) is 22.9. The normalized spacial score (nSPS) is 14.5. The van der Waals surface area contributed by atoms with E-state index in [1.807, 2.05) is 54.7 Å². The molecule has 33 heavy (non-hydrogen) atoms.